The van der Waals surface area contributed by atoms with E-state index in [0.717, 1.165) is 6.42 Å². The number of phenolic OH excluding ortho intramolecular Hbond substituents is 1. The summed E-state index contributed by atoms with van der Waals surface area (Å²) in [4.78, 5) is 0. The Bertz CT molecular complexity index is 355. The second-order valence-electron chi connectivity index (χ2n) is 4.03. The molecule has 0 spiro atoms. The van der Waals surface area contributed by atoms with E-state index < -0.39 is 0 Å². The fourth-order valence-corrected chi connectivity index (χ4v) is 2.17. The van der Waals surface area contributed by atoms with Crippen LogP contribution in [-0.4, -0.2) is 5.11 Å². The maximum atomic E-state index is 9.85. The molecule has 0 fully saturated rings. The lowest BCUT2D eigenvalue weighted by Crippen LogP contribution is -2.13. The third-order valence-electron chi connectivity index (χ3n) is 2.21. The predicted octanol–water partition coefficient (Wildman–Crippen LogP) is 3.85. The first-order valence-electron chi connectivity index (χ1n) is 4.86. The summed E-state index contributed by atoms with van der Waals surface area (Å²) in [6.07, 6.45) is 0.795. The lowest BCUT2D eigenvalue weighted by molar-refractivity contribution is 0.442. The van der Waals surface area contributed by atoms with Crippen LogP contribution in [0.25, 0.3) is 0 Å². The van der Waals surface area contributed by atoms with Gasteiger partial charge >= 0.3 is 0 Å². The van der Waals surface area contributed by atoms with Gasteiger partial charge < -0.3 is 10.8 Å². The van der Waals surface area contributed by atoms with Crippen molar-refractivity contribution >= 4 is 27.5 Å². The fraction of sp³-hybridized carbons (Fsp3) is 0.455. The number of benzene rings is 1. The van der Waals surface area contributed by atoms with Gasteiger partial charge in [-0.2, -0.15) is 0 Å². The highest BCUT2D eigenvalue weighted by atomic mass is 79.9. The Labute approximate surface area is 104 Å². The predicted molar refractivity (Wildman–Crippen MR) is 67.2 cm³/mol. The number of rotatable bonds is 3. The number of nitrogens with two attached hydrogens (primary N) is 1. The number of hydrogen-bond donors (Lipinski definition) is 2. The molecule has 84 valence electrons. The van der Waals surface area contributed by atoms with Gasteiger partial charge in [-0.1, -0.05) is 25.4 Å². The third-order valence-corrected chi connectivity index (χ3v) is 3.18. The Morgan fingerprint density at radius 1 is 1.47 bits per heavy atom. The molecule has 4 heteroatoms. The highest BCUT2D eigenvalue weighted by Gasteiger charge is 2.17. The third kappa shape index (κ3) is 3.10. The average Bonchev–Trinajstić information content (AvgIpc) is 2.11. The smallest absolute Gasteiger partial charge is 0.136 e. The molecule has 0 aliphatic rings. The molecule has 1 aromatic carbocycles. The minimum Gasteiger partial charge on any atom is -0.506 e. The second kappa shape index (κ2) is 5.19. The lowest BCUT2D eigenvalue weighted by atomic mass is 9.97. The van der Waals surface area contributed by atoms with E-state index in [-0.39, 0.29) is 11.8 Å². The van der Waals surface area contributed by atoms with Crippen molar-refractivity contribution in [3.05, 3.63) is 27.2 Å². The molecular weight excluding hydrogens is 277 g/mol. The van der Waals surface area contributed by atoms with Gasteiger partial charge in [-0.05, 0) is 40.4 Å². The molecule has 0 aliphatic heterocycles. The van der Waals surface area contributed by atoms with E-state index in [1.807, 2.05) is 0 Å². The first kappa shape index (κ1) is 12.8. The van der Waals surface area contributed by atoms with Gasteiger partial charge in [0.25, 0.3) is 0 Å². The van der Waals surface area contributed by atoms with E-state index >= 15 is 0 Å². The molecule has 0 bridgehead atoms. The maximum Gasteiger partial charge on any atom is 0.136 e. The van der Waals surface area contributed by atoms with E-state index in [4.69, 9.17) is 17.3 Å². The zero-order valence-corrected chi connectivity index (χ0v) is 11.1. The molecule has 1 aromatic rings. The van der Waals surface area contributed by atoms with Crippen LogP contribution in [0.1, 0.15) is 31.9 Å². The first-order chi connectivity index (χ1) is 6.93. The summed E-state index contributed by atoms with van der Waals surface area (Å²) in [5, 5.41) is 10.4. The zero-order valence-electron chi connectivity index (χ0n) is 8.80. The van der Waals surface area contributed by atoms with Crippen LogP contribution in [0.4, 0.5) is 0 Å². The molecule has 0 heterocycles. The Hall–Kier alpha value is -0.250. The Morgan fingerprint density at radius 3 is 2.60 bits per heavy atom. The standard InChI is InChI=1S/C11H15BrClNO/c1-6(2)5-9(14)10-8(13)4-3-7(12)11(10)15/h3-4,6,9,15H,5,14H2,1-2H3/t9-/m0/s1. The summed E-state index contributed by atoms with van der Waals surface area (Å²) in [7, 11) is 0. The van der Waals surface area contributed by atoms with Crippen LogP contribution in [0.3, 0.4) is 0 Å². The van der Waals surface area contributed by atoms with Gasteiger partial charge in [0.1, 0.15) is 5.75 Å². The molecular formula is C11H15BrClNO. The molecule has 0 amide bonds. The van der Waals surface area contributed by atoms with Crippen molar-refractivity contribution in [2.24, 2.45) is 11.7 Å². The van der Waals surface area contributed by atoms with Crippen molar-refractivity contribution < 1.29 is 5.11 Å². The van der Waals surface area contributed by atoms with Gasteiger partial charge in [0.05, 0.1) is 4.47 Å². The molecule has 1 rings (SSSR count). The van der Waals surface area contributed by atoms with Crippen LogP contribution in [-0.2, 0) is 0 Å². The number of phenols is 1. The summed E-state index contributed by atoms with van der Waals surface area (Å²) < 4.78 is 0.626. The summed E-state index contributed by atoms with van der Waals surface area (Å²) in [6, 6.07) is 3.22. The molecule has 2 nitrogen and oxygen atoms in total. The molecule has 0 saturated heterocycles. The Morgan fingerprint density at radius 2 is 2.07 bits per heavy atom. The quantitative estimate of drug-likeness (QED) is 0.889. The van der Waals surface area contributed by atoms with Crippen molar-refractivity contribution in [3.8, 4) is 5.75 Å². The zero-order chi connectivity index (χ0) is 11.6. The van der Waals surface area contributed by atoms with Gasteiger partial charge in [0.2, 0.25) is 0 Å². The van der Waals surface area contributed by atoms with Crippen LogP contribution in [0.5, 0.6) is 5.75 Å². The molecule has 1 atom stereocenters. The van der Waals surface area contributed by atoms with Crippen molar-refractivity contribution in [1.29, 1.82) is 0 Å². The topological polar surface area (TPSA) is 46.2 Å². The Balaban J connectivity index is 3.07. The van der Waals surface area contributed by atoms with Crippen molar-refractivity contribution in [2.45, 2.75) is 26.3 Å². The van der Waals surface area contributed by atoms with E-state index in [9.17, 15) is 5.11 Å². The minimum absolute atomic E-state index is 0.149. The average molecular weight is 293 g/mol. The van der Waals surface area contributed by atoms with E-state index in [2.05, 4.69) is 29.8 Å². The number of aromatic hydroxyl groups is 1. The fourth-order valence-electron chi connectivity index (χ4n) is 1.54. The van der Waals surface area contributed by atoms with Gasteiger partial charge in [-0.3, -0.25) is 0 Å². The molecule has 15 heavy (non-hydrogen) atoms. The van der Waals surface area contributed by atoms with Crippen LogP contribution in [0.2, 0.25) is 5.02 Å². The molecule has 0 unspecified atom stereocenters. The minimum atomic E-state index is -0.227. The van der Waals surface area contributed by atoms with Crippen molar-refractivity contribution in [3.63, 3.8) is 0 Å². The summed E-state index contributed by atoms with van der Waals surface area (Å²) in [5.74, 6) is 0.616. The van der Waals surface area contributed by atoms with Crippen LogP contribution in [0.15, 0.2) is 16.6 Å². The summed E-state index contributed by atoms with van der Waals surface area (Å²) in [5.41, 5.74) is 6.63. The monoisotopic (exact) mass is 291 g/mol. The second-order valence-corrected chi connectivity index (χ2v) is 5.29. The largest absolute Gasteiger partial charge is 0.506 e. The van der Waals surface area contributed by atoms with E-state index in [1.54, 1.807) is 12.1 Å². The molecule has 0 aromatic heterocycles. The molecule has 3 N–H and O–H groups in total. The van der Waals surface area contributed by atoms with Crippen molar-refractivity contribution in [1.82, 2.24) is 0 Å². The SMILES string of the molecule is CC(C)C[C@H](N)c1c(Cl)ccc(Br)c1O. The summed E-state index contributed by atoms with van der Waals surface area (Å²) in [6.45, 7) is 4.17. The van der Waals surface area contributed by atoms with Crippen LogP contribution in [0, 0.1) is 5.92 Å². The van der Waals surface area contributed by atoms with E-state index in [0.29, 0.717) is 21.0 Å². The first-order valence-corrected chi connectivity index (χ1v) is 6.03. The van der Waals surface area contributed by atoms with Gasteiger partial charge in [0.15, 0.2) is 0 Å². The van der Waals surface area contributed by atoms with Gasteiger partial charge in [0, 0.05) is 16.6 Å². The molecule has 0 saturated carbocycles. The van der Waals surface area contributed by atoms with Crippen LogP contribution < -0.4 is 5.73 Å². The molecule has 0 radical (unpaired) electrons. The molecule has 0 aliphatic carbocycles. The highest BCUT2D eigenvalue weighted by Crippen LogP contribution is 2.38. The number of hydrogen-bond acceptors (Lipinski definition) is 2. The van der Waals surface area contributed by atoms with Gasteiger partial charge in [-0.15, -0.1) is 0 Å². The normalized spacial score (nSPS) is 13.2. The van der Waals surface area contributed by atoms with Crippen molar-refractivity contribution in [2.75, 3.05) is 0 Å². The highest BCUT2D eigenvalue weighted by molar-refractivity contribution is 9.10. The van der Waals surface area contributed by atoms with Gasteiger partial charge in [-0.25, -0.2) is 0 Å². The van der Waals surface area contributed by atoms with E-state index in [1.165, 1.54) is 0 Å². The lowest BCUT2D eigenvalue weighted by Gasteiger charge is -2.17. The number of halogens is 2. The van der Waals surface area contributed by atoms with Crippen LogP contribution >= 0.6 is 27.5 Å². The summed E-state index contributed by atoms with van der Waals surface area (Å²) >= 11 is 9.27. The Kier molecular flexibility index (Phi) is 4.44. The maximum absolute atomic E-state index is 9.85.